The summed E-state index contributed by atoms with van der Waals surface area (Å²) in [6.07, 6.45) is 2.22. The fourth-order valence-corrected chi connectivity index (χ4v) is 3.72. The molecule has 0 radical (unpaired) electrons. The predicted molar refractivity (Wildman–Crippen MR) is 98.4 cm³/mol. The van der Waals surface area contributed by atoms with E-state index in [9.17, 15) is 0 Å². The van der Waals surface area contributed by atoms with Crippen LogP contribution in [0.15, 0.2) is 12.3 Å². The Morgan fingerprint density at radius 3 is 2.60 bits per heavy atom. The van der Waals surface area contributed by atoms with Crippen LogP contribution in [0, 0.1) is 0 Å². The van der Waals surface area contributed by atoms with Crippen LogP contribution < -0.4 is 20.4 Å². The number of nitrogens with zero attached hydrogens (tertiary/aromatic N) is 5. The second-order valence-corrected chi connectivity index (χ2v) is 6.94. The van der Waals surface area contributed by atoms with Gasteiger partial charge in [0, 0.05) is 78.2 Å². The Morgan fingerprint density at radius 2 is 1.84 bits per heavy atom. The average molecular weight is 347 g/mol. The van der Waals surface area contributed by atoms with Crippen LogP contribution >= 0.6 is 0 Å². The highest BCUT2D eigenvalue weighted by Crippen LogP contribution is 2.17. The summed E-state index contributed by atoms with van der Waals surface area (Å²) in [5.74, 6) is 1.92. The smallest absolute Gasteiger partial charge is 0.227 e. The van der Waals surface area contributed by atoms with Gasteiger partial charge in [0.25, 0.3) is 0 Å². The average Bonchev–Trinajstić information content (AvgIpc) is 2.70. The van der Waals surface area contributed by atoms with Gasteiger partial charge in [-0.2, -0.15) is 4.98 Å². The molecule has 0 aromatic carbocycles. The monoisotopic (exact) mass is 347 g/mol. The zero-order valence-corrected chi connectivity index (χ0v) is 14.9. The Hall–Kier alpha value is -1.48. The molecule has 1 atom stereocenters. The summed E-state index contributed by atoms with van der Waals surface area (Å²) in [5, 5.41) is 6.79. The van der Waals surface area contributed by atoms with Gasteiger partial charge in [0.2, 0.25) is 5.95 Å². The number of ether oxygens (including phenoxy) is 1. The Bertz CT molecular complexity index is 538. The molecule has 0 aliphatic carbocycles. The first kappa shape index (κ1) is 17.0. The third-order valence-corrected chi connectivity index (χ3v) is 5.19. The first-order chi connectivity index (χ1) is 12.4. The molecule has 138 valence electrons. The van der Waals surface area contributed by atoms with Gasteiger partial charge in [-0.15, -0.1) is 0 Å². The topological polar surface area (TPSA) is 68.8 Å². The molecular weight excluding hydrogens is 318 g/mol. The lowest BCUT2D eigenvalue weighted by atomic mass is 10.2. The summed E-state index contributed by atoms with van der Waals surface area (Å²) in [6, 6.07) is 2.03. The molecule has 1 aromatic heterocycles. The maximum atomic E-state index is 5.82. The van der Waals surface area contributed by atoms with E-state index in [0.717, 1.165) is 90.4 Å². The van der Waals surface area contributed by atoms with Crippen LogP contribution in [0.4, 0.5) is 11.8 Å². The van der Waals surface area contributed by atoms with E-state index in [1.165, 1.54) is 0 Å². The molecule has 8 heteroatoms. The van der Waals surface area contributed by atoms with Gasteiger partial charge in [0.15, 0.2) is 0 Å². The first-order valence-electron chi connectivity index (χ1n) is 9.47. The van der Waals surface area contributed by atoms with E-state index >= 15 is 0 Å². The lowest BCUT2D eigenvalue weighted by molar-refractivity contribution is 0.00461. The highest BCUT2D eigenvalue weighted by Gasteiger charge is 2.23. The standard InChI is InChI=1S/C17H29N7O/c1-2-20-17(21-16(1)23-6-3-18-4-7-23)24-10-8-22(9-11-24)14-15-13-19-5-12-25-15/h1-2,15,18-19H,3-14H2. The maximum absolute atomic E-state index is 5.82. The molecule has 4 heterocycles. The molecule has 3 aliphatic heterocycles. The number of anilines is 2. The number of rotatable bonds is 4. The maximum Gasteiger partial charge on any atom is 0.227 e. The second kappa shape index (κ2) is 8.27. The van der Waals surface area contributed by atoms with E-state index in [4.69, 9.17) is 9.72 Å². The van der Waals surface area contributed by atoms with Gasteiger partial charge in [0.05, 0.1) is 12.7 Å². The van der Waals surface area contributed by atoms with Crippen molar-refractivity contribution in [3.8, 4) is 0 Å². The Balaban J connectivity index is 1.31. The third-order valence-electron chi connectivity index (χ3n) is 5.19. The van der Waals surface area contributed by atoms with Gasteiger partial charge < -0.3 is 25.2 Å². The van der Waals surface area contributed by atoms with Crippen LogP contribution in [0.3, 0.4) is 0 Å². The number of aromatic nitrogens is 2. The molecule has 3 saturated heterocycles. The van der Waals surface area contributed by atoms with Gasteiger partial charge in [-0.1, -0.05) is 0 Å². The summed E-state index contributed by atoms with van der Waals surface area (Å²) in [4.78, 5) is 16.5. The zero-order valence-electron chi connectivity index (χ0n) is 14.9. The molecule has 4 rings (SSSR count). The van der Waals surface area contributed by atoms with Crippen molar-refractivity contribution in [2.75, 3.05) is 88.4 Å². The van der Waals surface area contributed by atoms with E-state index in [1.807, 2.05) is 12.3 Å². The van der Waals surface area contributed by atoms with Crippen LogP contribution in [0.25, 0.3) is 0 Å². The van der Waals surface area contributed by atoms with Crippen molar-refractivity contribution in [3.05, 3.63) is 12.3 Å². The van der Waals surface area contributed by atoms with E-state index in [2.05, 4.69) is 30.3 Å². The zero-order chi connectivity index (χ0) is 16.9. The molecule has 25 heavy (non-hydrogen) atoms. The second-order valence-electron chi connectivity index (χ2n) is 6.94. The number of hydrogen-bond acceptors (Lipinski definition) is 8. The van der Waals surface area contributed by atoms with Crippen molar-refractivity contribution in [1.82, 2.24) is 25.5 Å². The predicted octanol–water partition coefficient (Wildman–Crippen LogP) is -1.00. The van der Waals surface area contributed by atoms with Crippen molar-refractivity contribution in [2.24, 2.45) is 0 Å². The number of piperazine rings is 2. The van der Waals surface area contributed by atoms with Gasteiger partial charge >= 0.3 is 0 Å². The fourth-order valence-electron chi connectivity index (χ4n) is 3.72. The highest BCUT2D eigenvalue weighted by molar-refractivity contribution is 5.44. The minimum Gasteiger partial charge on any atom is -0.374 e. The molecule has 3 fully saturated rings. The number of nitrogens with one attached hydrogen (secondary N) is 2. The van der Waals surface area contributed by atoms with Crippen LogP contribution in [0.1, 0.15) is 0 Å². The molecule has 8 nitrogen and oxygen atoms in total. The normalized spacial score (nSPS) is 26.0. The number of morpholine rings is 1. The van der Waals surface area contributed by atoms with Crippen LogP contribution in [-0.2, 0) is 4.74 Å². The summed E-state index contributed by atoms with van der Waals surface area (Å²) in [7, 11) is 0. The number of hydrogen-bond donors (Lipinski definition) is 2. The molecule has 1 unspecified atom stereocenters. The highest BCUT2D eigenvalue weighted by atomic mass is 16.5. The Morgan fingerprint density at radius 1 is 1.00 bits per heavy atom. The van der Waals surface area contributed by atoms with Crippen molar-refractivity contribution in [2.45, 2.75) is 6.10 Å². The molecule has 0 spiro atoms. The summed E-state index contributed by atoms with van der Waals surface area (Å²) in [5.41, 5.74) is 0. The quantitative estimate of drug-likeness (QED) is 0.719. The van der Waals surface area contributed by atoms with Gasteiger partial charge in [-0.05, 0) is 6.07 Å². The lowest BCUT2D eigenvalue weighted by Crippen LogP contribution is -2.52. The van der Waals surface area contributed by atoms with E-state index in [-0.39, 0.29) is 0 Å². The van der Waals surface area contributed by atoms with E-state index in [1.54, 1.807) is 0 Å². The minimum atomic E-state index is 0.326. The van der Waals surface area contributed by atoms with E-state index in [0.29, 0.717) is 6.10 Å². The van der Waals surface area contributed by atoms with Crippen LogP contribution in [0.2, 0.25) is 0 Å². The first-order valence-corrected chi connectivity index (χ1v) is 9.47. The molecule has 3 aliphatic rings. The molecule has 0 saturated carbocycles. The molecule has 0 amide bonds. The SMILES string of the molecule is c1cc(N2CCNCC2)nc(N2CCN(CC3CNCCO3)CC2)n1. The van der Waals surface area contributed by atoms with Crippen molar-refractivity contribution in [3.63, 3.8) is 0 Å². The van der Waals surface area contributed by atoms with Crippen LogP contribution in [0.5, 0.6) is 0 Å². The summed E-state index contributed by atoms with van der Waals surface area (Å²) >= 11 is 0. The molecule has 1 aromatic rings. The summed E-state index contributed by atoms with van der Waals surface area (Å²) in [6.45, 7) is 11.9. The largest absolute Gasteiger partial charge is 0.374 e. The van der Waals surface area contributed by atoms with Gasteiger partial charge in [-0.3, -0.25) is 4.90 Å². The molecule has 0 bridgehead atoms. The fraction of sp³-hybridized carbons (Fsp3) is 0.765. The molecular formula is C17H29N7O. The van der Waals surface area contributed by atoms with Crippen molar-refractivity contribution < 1.29 is 4.74 Å². The van der Waals surface area contributed by atoms with Crippen LogP contribution in [-0.4, -0.2) is 99.6 Å². The van der Waals surface area contributed by atoms with Crippen molar-refractivity contribution in [1.29, 1.82) is 0 Å². The summed E-state index contributed by atoms with van der Waals surface area (Å²) < 4.78 is 5.82. The Labute approximate surface area is 149 Å². The lowest BCUT2D eigenvalue weighted by Gasteiger charge is -2.37. The third kappa shape index (κ3) is 4.38. The van der Waals surface area contributed by atoms with Gasteiger partial charge in [0.1, 0.15) is 5.82 Å². The minimum absolute atomic E-state index is 0.326. The van der Waals surface area contributed by atoms with Gasteiger partial charge in [-0.25, -0.2) is 4.98 Å². The van der Waals surface area contributed by atoms with Crippen molar-refractivity contribution >= 4 is 11.8 Å². The van der Waals surface area contributed by atoms with E-state index < -0.39 is 0 Å². The molecule has 2 N–H and O–H groups in total. The Kier molecular flexibility index (Phi) is 5.61.